The Kier molecular flexibility index (Phi) is 4.11. The summed E-state index contributed by atoms with van der Waals surface area (Å²) in [6.07, 6.45) is 2.60. The Morgan fingerprint density at radius 3 is 2.80 bits per heavy atom. The Bertz CT molecular complexity index is 229. The zero-order valence-electron chi connectivity index (χ0n) is 9.70. The van der Waals surface area contributed by atoms with Crippen molar-refractivity contribution < 1.29 is 9.90 Å². The molecule has 15 heavy (non-hydrogen) atoms. The first-order chi connectivity index (χ1) is 6.91. The second-order valence-corrected chi connectivity index (χ2v) is 4.95. The van der Waals surface area contributed by atoms with Gasteiger partial charge in [-0.05, 0) is 32.7 Å². The molecule has 0 bridgehead atoms. The maximum absolute atomic E-state index is 10.9. The quantitative estimate of drug-likeness (QED) is 0.712. The molecule has 1 fully saturated rings. The molecule has 1 aliphatic rings. The highest BCUT2D eigenvalue weighted by Gasteiger charge is 2.25. The fourth-order valence-electron chi connectivity index (χ4n) is 1.98. The number of carbonyl (C=O) groups is 1. The lowest BCUT2D eigenvalue weighted by atomic mass is 9.98. The van der Waals surface area contributed by atoms with Gasteiger partial charge in [-0.3, -0.25) is 4.79 Å². The van der Waals surface area contributed by atoms with E-state index in [1.54, 1.807) is 0 Å². The van der Waals surface area contributed by atoms with Crippen LogP contribution in [0.5, 0.6) is 0 Å². The molecule has 88 valence electrons. The number of aliphatic hydroxyl groups is 1. The van der Waals surface area contributed by atoms with Crippen molar-refractivity contribution in [3.63, 3.8) is 0 Å². The highest BCUT2D eigenvalue weighted by Crippen LogP contribution is 2.21. The maximum Gasteiger partial charge on any atom is 0.221 e. The fraction of sp³-hybridized carbons (Fsp3) is 0.909. The van der Waals surface area contributed by atoms with Crippen molar-refractivity contribution in [2.45, 2.75) is 38.7 Å². The molecular weight excluding hydrogens is 192 g/mol. The number of amides is 1. The van der Waals surface area contributed by atoms with E-state index >= 15 is 0 Å². The van der Waals surface area contributed by atoms with Crippen LogP contribution in [0.25, 0.3) is 0 Å². The Morgan fingerprint density at radius 1 is 1.53 bits per heavy atom. The van der Waals surface area contributed by atoms with E-state index in [1.807, 2.05) is 13.8 Å². The largest absolute Gasteiger partial charge is 0.390 e. The van der Waals surface area contributed by atoms with E-state index in [9.17, 15) is 9.90 Å². The molecule has 0 spiro atoms. The Morgan fingerprint density at radius 2 is 2.20 bits per heavy atom. The number of carbonyl (C=O) groups excluding carboxylic acids is 1. The monoisotopic (exact) mass is 214 g/mol. The molecule has 0 aromatic rings. The van der Waals surface area contributed by atoms with E-state index in [0.29, 0.717) is 6.54 Å². The molecule has 2 unspecified atom stereocenters. The van der Waals surface area contributed by atoms with Crippen LogP contribution in [0.15, 0.2) is 0 Å². The van der Waals surface area contributed by atoms with Gasteiger partial charge in [0.05, 0.1) is 5.60 Å². The van der Waals surface area contributed by atoms with Gasteiger partial charge in [-0.1, -0.05) is 6.92 Å². The predicted octanol–water partition coefficient (Wildman–Crippen LogP) is 0.345. The summed E-state index contributed by atoms with van der Waals surface area (Å²) in [6.45, 7) is 6.25. The van der Waals surface area contributed by atoms with E-state index in [1.165, 1.54) is 0 Å². The van der Waals surface area contributed by atoms with Crippen molar-refractivity contribution in [1.82, 2.24) is 4.90 Å². The summed E-state index contributed by atoms with van der Waals surface area (Å²) in [6, 6.07) is 0. The summed E-state index contributed by atoms with van der Waals surface area (Å²) >= 11 is 0. The lowest BCUT2D eigenvalue weighted by Crippen LogP contribution is -2.36. The summed E-state index contributed by atoms with van der Waals surface area (Å²) in [5, 5.41) is 9.90. The average molecular weight is 214 g/mol. The lowest BCUT2D eigenvalue weighted by molar-refractivity contribution is -0.121. The zero-order valence-corrected chi connectivity index (χ0v) is 9.70. The van der Waals surface area contributed by atoms with Crippen LogP contribution in [0.3, 0.4) is 0 Å². The predicted molar refractivity (Wildman–Crippen MR) is 59.3 cm³/mol. The van der Waals surface area contributed by atoms with Gasteiger partial charge in [0, 0.05) is 19.0 Å². The van der Waals surface area contributed by atoms with E-state index < -0.39 is 5.60 Å². The summed E-state index contributed by atoms with van der Waals surface area (Å²) in [5.41, 5.74) is 4.69. The molecule has 0 radical (unpaired) electrons. The molecule has 2 atom stereocenters. The topological polar surface area (TPSA) is 66.6 Å². The van der Waals surface area contributed by atoms with Crippen LogP contribution in [0.1, 0.15) is 33.1 Å². The normalized spacial score (nSPS) is 30.9. The van der Waals surface area contributed by atoms with Crippen LogP contribution in [0.4, 0.5) is 0 Å². The van der Waals surface area contributed by atoms with Crippen LogP contribution in [-0.2, 0) is 4.79 Å². The lowest BCUT2D eigenvalue weighted by Gasteiger charge is -2.23. The smallest absolute Gasteiger partial charge is 0.221 e. The molecule has 1 aliphatic heterocycles. The Hall–Kier alpha value is -0.610. The summed E-state index contributed by atoms with van der Waals surface area (Å²) < 4.78 is 0. The maximum atomic E-state index is 10.9. The number of hydrogen-bond acceptors (Lipinski definition) is 3. The highest BCUT2D eigenvalue weighted by atomic mass is 16.3. The van der Waals surface area contributed by atoms with Crippen molar-refractivity contribution in [1.29, 1.82) is 0 Å². The molecule has 4 heteroatoms. The molecule has 4 nitrogen and oxygen atoms in total. The molecule has 1 rings (SSSR count). The first kappa shape index (κ1) is 12.5. The van der Waals surface area contributed by atoms with Crippen molar-refractivity contribution in [3.8, 4) is 0 Å². The second kappa shape index (κ2) is 4.94. The van der Waals surface area contributed by atoms with Gasteiger partial charge in [0.15, 0.2) is 0 Å². The third-order valence-electron chi connectivity index (χ3n) is 3.17. The fourth-order valence-corrected chi connectivity index (χ4v) is 1.98. The summed E-state index contributed by atoms with van der Waals surface area (Å²) in [4.78, 5) is 13.2. The standard InChI is InChI=1S/C11H22N2O2/c1-9(10(12)14)8-13-6-3-4-11(2,15)5-7-13/h9,15H,3-8H2,1-2H3,(H2,12,14). The molecule has 1 saturated heterocycles. The van der Waals surface area contributed by atoms with Gasteiger partial charge in [0.2, 0.25) is 5.91 Å². The molecule has 3 N–H and O–H groups in total. The summed E-state index contributed by atoms with van der Waals surface area (Å²) in [5.74, 6) is -0.348. The minimum absolute atomic E-state index is 0.104. The van der Waals surface area contributed by atoms with Crippen LogP contribution < -0.4 is 5.73 Å². The van der Waals surface area contributed by atoms with Crippen LogP contribution >= 0.6 is 0 Å². The number of nitrogens with zero attached hydrogens (tertiary/aromatic N) is 1. The van der Waals surface area contributed by atoms with Gasteiger partial charge in [-0.25, -0.2) is 0 Å². The molecular formula is C11H22N2O2. The van der Waals surface area contributed by atoms with E-state index in [-0.39, 0.29) is 11.8 Å². The number of likely N-dealkylation sites (tertiary alicyclic amines) is 1. The average Bonchev–Trinajstić information content (AvgIpc) is 2.28. The van der Waals surface area contributed by atoms with E-state index in [2.05, 4.69) is 4.90 Å². The first-order valence-electron chi connectivity index (χ1n) is 5.65. The molecule has 0 aliphatic carbocycles. The van der Waals surface area contributed by atoms with Gasteiger partial charge in [0.1, 0.15) is 0 Å². The minimum Gasteiger partial charge on any atom is -0.390 e. The van der Waals surface area contributed by atoms with Gasteiger partial charge in [-0.2, -0.15) is 0 Å². The molecule has 1 heterocycles. The molecule has 0 aromatic carbocycles. The Labute approximate surface area is 91.4 Å². The Balaban J connectivity index is 2.41. The number of rotatable bonds is 3. The van der Waals surface area contributed by atoms with Crippen molar-refractivity contribution in [2.75, 3.05) is 19.6 Å². The zero-order chi connectivity index (χ0) is 11.5. The van der Waals surface area contributed by atoms with Gasteiger partial charge in [-0.15, -0.1) is 0 Å². The number of primary amides is 1. The van der Waals surface area contributed by atoms with Crippen LogP contribution in [-0.4, -0.2) is 41.1 Å². The van der Waals surface area contributed by atoms with Crippen molar-refractivity contribution in [2.24, 2.45) is 11.7 Å². The molecule has 1 amide bonds. The number of hydrogen-bond donors (Lipinski definition) is 2. The van der Waals surface area contributed by atoms with Crippen molar-refractivity contribution in [3.05, 3.63) is 0 Å². The minimum atomic E-state index is -0.537. The highest BCUT2D eigenvalue weighted by molar-refractivity contribution is 5.76. The van der Waals surface area contributed by atoms with Gasteiger partial charge >= 0.3 is 0 Å². The third kappa shape index (κ3) is 4.18. The molecule has 0 aromatic heterocycles. The van der Waals surface area contributed by atoms with Gasteiger partial charge in [0.25, 0.3) is 0 Å². The summed E-state index contributed by atoms with van der Waals surface area (Å²) in [7, 11) is 0. The second-order valence-electron chi connectivity index (χ2n) is 4.95. The number of nitrogens with two attached hydrogens (primary N) is 1. The SMILES string of the molecule is CC(CN1CCCC(C)(O)CC1)C(N)=O. The van der Waals surface area contributed by atoms with Crippen molar-refractivity contribution >= 4 is 5.91 Å². The van der Waals surface area contributed by atoms with Gasteiger partial charge < -0.3 is 15.7 Å². The van der Waals surface area contributed by atoms with Crippen LogP contribution in [0, 0.1) is 5.92 Å². The first-order valence-corrected chi connectivity index (χ1v) is 5.65. The van der Waals surface area contributed by atoms with Crippen LogP contribution in [0.2, 0.25) is 0 Å². The van der Waals surface area contributed by atoms with E-state index in [0.717, 1.165) is 32.4 Å². The molecule has 0 saturated carbocycles. The third-order valence-corrected chi connectivity index (χ3v) is 3.17. The van der Waals surface area contributed by atoms with E-state index in [4.69, 9.17) is 5.73 Å².